The number of anilines is 3. The topological polar surface area (TPSA) is 80.2 Å². The number of hydrogen-bond donors (Lipinski definition) is 1. The maximum atomic E-state index is 12.0. The van der Waals surface area contributed by atoms with Crippen LogP contribution in [0.15, 0.2) is 30.5 Å². The van der Waals surface area contributed by atoms with Gasteiger partial charge in [0.05, 0.1) is 24.1 Å². The van der Waals surface area contributed by atoms with Gasteiger partial charge in [-0.3, -0.25) is 0 Å². The average Bonchev–Trinajstić information content (AvgIpc) is 2.60. The molecule has 0 saturated heterocycles. The van der Waals surface area contributed by atoms with E-state index in [9.17, 15) is 4.79 Å². The van der Waals surface area contributed by atoms with Crippen molar-refractivity contribution in [2.45, 2.75) is 26.7 Å². The SMILES string of the molecule is CCCCN(C)c1cnnc(Nc2ccccc2C(=O)OCC)n1. The minimum Gasteiger partial charge on any atom is -0.462 e. The van der Waals surface area contributed by atoms with Crippen LogP contribution in [0.2, 0.25) is 0 Å². The average molecular weight is 329 g/mol. The smallest absolute Gasteiger partial charge is 0.340 e. The highest BCUT2D eigenvalue weighted by atomic mass is 16.5. The van der Waals surface area contributed by atoms with Crippen molar-refractivity contribution in [3.05, 3.63) is 36.0 Å². The lowest BCUT2D eigenvalue weighted by atomic mass is 10.2. The zero-order valence-corrected chi connectivity index (χ0v) is 14.3. The molecule has 0 amide bonds. The van der Waals surface area contributed by atoms with Gasteiger partial charge in [-0.25, -0.2) is 4.79 Å². The van der Waals surface area contributed by atoms with E-state index in [1.54, 1.807) is 31.3 Å². The first-order valence-electron chi connectivity index (χ1n) is 8.09. The van der Waals surface area contributed by atoms with Gasteiger partial charge in [0.2, 0.25) is 5.95 Å². The van der Waals surface area contributed by atoms with Crippen LogP contribution in [0.1, 0.15) is 37.0 Å². The molecule has 0 unspecified atom stereocenters. The normalized spacial score (nSPS) is 10.3. The molecule has 128 valence electrons. The summed E-state index contributed by atoms with van der Waals surface area (Å²) in [6.45, 7) is 5.14. The van der Waals surface area contributed by atoms with E-state index in [1.807, 2.05) is 18.0 Å². The van der Waals surface area contributed by atoms with Crippen LogP contribution >= 0.6 is 0 Å². The summed E-state index contributed by atoms with van der Waals surface area (Å²) in [7, 11) is 1.97. The lowest BCUT2D eigenvalue weighted by molar-refractivity contribution is 0.0527. The number of unbranched alkanes of at least 4 members (excludes halogenated alkanes) is 1. The number of benzene rings is 1. The molecule has 0 fully saturated rings. The van der Waals surface area contributed by atoms with Crippen molar-refractivity contribution >= 4 is 23.4 Å². The van der Waals surface area contributed by atoms with Crippen molar-refractivity contribution < 1.29 is 9.53 Å². The molecule has 2 rings (SSSR count). The lowest BCUT2D eigenvalue weighted by Gasteiger charge is -2.17. The number of nitrogens with one attached hydrogen (secondary N) is 1. The number of para-hydroxylation sites is 1. The third-order valence-electron chi connectivity index (χ3n) is 3.45. The molecular formula is C17H23N5O2. The number of rotatable bonds is 8. The van der Waals surface area contributed by atoms with Gasteiger partial charge in [0.25, 0.3) is 0 Å². The van der Waals surface area contributed by atoms with E-state index in [1.165, 1.54) is 0 Å². The molecule has 0 aliphatic heterocycles. The number of carbonyl (C=O) groups is 1. The number of esters is 1. The summed E-state index contributed by atoms with van der Waals surface area (Å²) in [5, 5.41) is 11.0. The van der Waals surface area contributed by atoms with Gasteiger partial charge >= 0.3 is 5.97 Å². The van der Waals surface area contributed by atoms with E-state index < -0.39 is 0 Å². The van der Waals surface area contributed by atoms with Crippen LogP contribution in [0.4, 0.5) is 17.5 Å². The van der Waals surface area contributed by atoms with Crippen molar-refractivity contribution in [1.29, 1.82) is 0 Å². The Morgan fingerprint density at radius 3 is 2.83 bits per heavy atom. The Morgan fingerprint density at radius 2 is 2.08 bits per heavy atom. The van der Waals surface area contributed by atoms with Gasteiger partial charge in [-0.2, -0.15) is 10.1 Å². The molecule has 0 radical (unpaired) electrons. The standard InChI is InChI=1S/C17H23N5O2/c1-4-6-11-22(3)15-12-18-21-17(20-15)19-14-10-8-7-9-13(14)16(23)24-5-2/h7-10,12H,4-6,11H2,1-3H3,(H,19,20,21). The Kier molecular flexibility index (Phi) is 6.48. The Bertz CT molecular complexity index is 678. The summed E-state index contributed by atoms with van der Waals surface area (Å²) < 4.78 is 5.07. The van der Waals surface area contributed by atoms with Gasteiger partial charge in [0.1, 0.15) is 0 Å². The van der Waals surface area contributed by atoms with E-state index in [-0.39, 0.29) is 5.97 Å². The van der Waals surface area contributed by atoms with Gasteiger partial charge in [0, 0.05) is 13.6 Å². The van der Waals surface area contributed by atoms with Gasteiger partial charge in [-0.05, 0) is 25.5 Å². The van der Waals surface area contributed by atoms with Crippen LogP contribution in [0.3, 0.4) is 0 Å². The largest absolute Gasteiger partial charge is 0.462 e. The minimum atomic E-state index is -0.384. The number of hydrogen-bond acceptors (Lipinski definition) is 7. The molecule has 0 aliphatic rings. The van der Waals surface area contributed by atoms with Crippen LogP contribution in [0, 0.1) is 0 Å². The maximum absolute atomic E-state index is 12.0. The summed E-state index contributed by atoms with van der Waals surface area (Å²) in [6.07, 6.45) is 3.81. The Morgan fingerprint density at radius 1 is 1.29 bits per heavy atom. The molecule has 1 aromatic heterocycles. The molecule has 7 nitrogen and oxygen atoms in total. The van der Waals surface area contributed by atoms with Crippen LogP contribution in [-0.2, 0) is 4.74 Å². The van der Waals surface area contributed by atoms with Gasteiger partial charge in [0.15, 0.2) is 5.82 Å². The second kappa shape index (κ2) is 8.81. The molecule has 0 bridgehead atoms. The number of ether oxygens (including phenoxy) is 1. The summed E-state index contributed by atoms with van der Waals surface area (Å²) in [5.74, 6) is 0.687. The second-order valence-corrected chi connectivity index (χ2v) is 5.30. The fraction of sp³-hybridized carbons (Fsp3) is 0.412. The number of carbonyl (C=O) groups excluding carboxylic acids is 1. The number of nitrogens with zero attached hydrogens (tertiary/aromatic N) is 4. The van der Waals surface area contributed by atoms with E-state index in [4.69, 9.17) is 4.74 Å². The van der Waals surface area contributed by atoms with Gasteiger partial charge in [-0.1, -0.05) is 25.5 Å². The molecule has 1 heterocycles. The highest BCUT2D eigenvalue weighted by Gasteiger charge is 2.13. The molecule has 7 heteroatoms. The van der Waals surface area contributed by atoms with E-state index >= 15 is 0 Å². The zero-order valence-electron chi connectivity index (χ0n) is 14.3. The molecule has 24 heavy (non-hydrogen) atoms. The summed E-state index contributed by atoms with van der Waals surface area (Å²) in [6, 6.07) is 7.09. The predicted molar refractivity (Wildman–Crippen MR) is 93.7 cm³/mol. The van der Waals surface area contributed by atoms with Crippen molar-refractivity contribution in [2.75, 3.05) is 30.4 Å². The van der Waals surface area contributed by atoms with E-state index in [0.717, 1.165) is 25.2 Å². The fourth-order valence-corrected chi connectivity index (χ4v) is 2.14. The van der Waals surface area contributed by atoms with Crippen LogP contribution < -0.4 is 10.2 Å². The minimum absolute atomic E-state index is 0.322. The Hall–Kier alpha value is -2.70. The predicted octanol–water partition coefficient (Wildman–Crippen LogP) is 3.03. The van der Waals surface area contributed by atoms with Crippen LogP contribution in [0.5, 0.6) is 0 Å². The summed E-state index contributed by atoms with van der Waals surface area (Å²) in [5.41, 5.74) is 1.03. The van der Waals surface area contributed by atoms with Gasteiger partial charge in [-0.15, -0.1) is 5.10 Å². The highest BCUT2D eigenvalue weighted by Crippen LogP contribution is 2.20. The van der Waals surface area contributed by atoms with Crippen molar-refractivity contribution in [2.24, 2.45) is 0 Å². The van der Waals surface area contributed by atoms with E-state index in [2.05, 4.69) is 27.4 Å². The molecule has 1 N–H and O–H groups in total. The fourth-order valence-electron chi connectivity index (χ4n) is 2.14. The molecule has 0 saturated carbocycles. The Labute approximate surface area is 142 Å². The quantitative estimate of drug-likeness (QED) is 0.746. The van der Waals surface area contributed by atoms with Crippen molar-refractivity contribution in [3.8, 4) is 0 Å². The molecule has 2 aromatic rings. The first-order valence-corrected chi connectivity index (χ1v) is 8.09. The zero-order chi connectivity index (χ0) is 17.4. The summed E-state index contributed by atoms with van der Waals surface area (Å²) >= 11 is 0. The third-order valence-corrected chi connectivity index (χ3v) is 3.45. The van der Waals surface area contributed by atoms with E-state index in [0.29, 0.717) is 23.8 Å². The first-order chi connectivity index (χ1) is 11.7. The molecular weight excluding hydrogens is 306 g/mol. The molecule has 0 atom stereocenters. The third kappa shape index (κ3) is 4.65. The monoisotopic (exact) mass is 329 g/mol. The highest BCUT2D eigenvalue weighted by molar-refractivity contribution is 5.96. The molecule has 1 aromatic carbocycles. The van der Waals surface area contributed by atoms with Gasteiger partial charge < -0.3 is 15.0 Å². The second-order valence-electron chi connectivity index (χ2n) is 5.30. The van der Waals surface area contributed by atoms with Crippen molar-refractivity contribution in [3.63, 3.8) is 0 Å². The first kappa shape index (κ1) is 17.7. The molecule has 0 aliphatic carbocycles. The maximum Gasteiger partial charge on any atom is 0.340 e. The van der Waals surface area contributed by atoms with Crippen molar-refractivity contribution in [1.82, 2.24) is 15.2 Å². The number of aromatic nitrogens is 3. The van der Waals surface area contributed by atoms with Crippen LogP contribution in [0.25, 0.3) is 0 Å². The summed E-state index contributed by atoms with van der Waals surface area (Å²) in [4.78, 5) is 18.5. The molecule has 0 spiro atoms. The van der Waals surface area contributed by atoms with Crippen LogP contribution in [-0.4, -0.2) is 41.3 Å². The Balaban J connectivity index is 2.18. The lowest BCUT2D eigenvalue weighted by Crippen LogP contribution is -2.20.